The summed E-state index contributed by atoms with van der Waals surface area (Å²) in [6.45, 7) is 3.41. The second kappa shape index (κ2) is 5.32. The summed E-state index contributed by atoms with van der Waals surface area (Å²) in [5.74, 6) is 0. The van der Waals surface area contributed by atoms with Gasteiger partial charge in [0.15, 0.2) is 0 Å². The first-order chi connectivity index (χ1) is 6.25. The summed E-state index contributed by atoms with van der Waals surface area (Å²) in [5.41, 5.74) is 0. The molecule has 0 aliphatic carbocycles. The van der Waals surface area contributed by atoms with Gasteiger partial charge in [-0.05, 0) is 26.3 Å². The highest BCUT2D eigenvalue weighted by atomic mass is 19.3. The van der Waals surface area contributed by atoms with Gasteiger partial charge in [0.2, 0.25) is 0 Å². The first kappa shape index (κ1) is 10.6. The summed E-state index contributed by atoms with van der Waals surface area (Å²) < 4.78 is 25.1. The summed E-state index contributed by atoms with van der Waals surface area (Å²) >= 11 is 0. The van der Waals surface area contributed by atoms with Crippen LogP contribution in [0.3, 0.4) is 0 Å². The van der Waals surface area contributed by atoms with E-state index in [1.54, 1.807) is 0 Å². The van der Waals surface area contributed by atoms with Crippen molar-refractivity contribution in [3.05, 3.63) is 12.2 Å². The Hall–Kier alpha value is -0.440. The number of halogens is 2. The van der Waals surface area contributed by atoms with Crippen LogP contribution in [0.25, 0.3) is 0 Å². The third-order valence-electron chi connectivity index (χ3n) is 2.53. The molecular weight excluding hydrogens is 172 g/mol. The highest BCUT2D eigenvalue weighted by Gasteiger charge is 2.28. The lowest BCUT2D eigenvalue weighted by Crippen LogP contribution is -2.43. The Morgan fingerprint density at radius 3 is 2.85 bits per heavy atom. The van der Waals surface area contributed by atoms with Crippen LogP contribution < -0.4 is 0 Å². The Morgan fingerprint density at radius 2 is 2.23 bits per heavy atom. The van der Waals surface area contributed by atoms with E-state index in [1.807, 2.05) is 24.0 Å². The predicted octanol–water partition coefficient (Wildman–Crippen LogP) is 2.68. The summed E-state index contributed by atoms with van der Waals surface area (Å²) in [6, 6.07) is -0.509. The molecule has 76 valence electrons. The molecule has 1 aliphatic heterocycles. The Morgan fingerprint density at radius 1 is 1.46 bits per heavy atom. The van der Waals surface area contributed by atoms with E-state index in [-0.39, 0.29) is 0 Å². The topological polar surface area (TPSA) is 3.24 Å². The van der Waals surface area contributed by atoms with E-state index >= 15 is 0 Å². The Kier molecular flexibility index (Phi) is 4.36. The second-order valence-corrected chi connectivity index (χ2v) is 3.46. The standard InChI is InChI=1S/C10H17F2N/c1-2-3-7-13-8-5-4-6-9(13)10(11)12/h2-3,9-10H,4-8H2,1H3/b3-2+. The van der Waals surface area contributed by atoms with E-state index in [4.69, 9.17) is 0 Å². The number of alkyl halides is 2. The molecule has 3 heteroatoms. The third kappa shape index (κ3) is 3.07. The molecule has 0 spiro atoms. The Labute approximate surface area is 78.4 Å². The maximum Gasteiger partial charge on any atom is 0.253 e. The van der Waals surface area contributed by atoms with E-state index in [2.05, 4.69) is 0 Å². The second-order valence-electron chi connectivity index (χ2n) is 3.46. The molecule has 0 radical (unpaired) electrons. The van der Waals surface area contributed by atoms with Gasteiger partial charge in [-0.25, -0.2) is 8.78 Å². The van der Waals surface area contributed by atoms with Crippen LogP contribution >= 0.6 is 0 Å². The van der Waals surface area contributed by atoms with Gasteiger partial charge in [0, 0.05) is 6.54 Å². The molecule has 0 amide bonds. The van der Waals surface area contributed by atoms with Crippen molar-refractivity contribution < 1.29 is 8.78 Å². The number of rotatable bonds is 3. The van der Waals surface area contributed by atoms with Crippen LogP contribution in [-0.2, 0) is 0 Å². The van der Waals surface area contributed by atoms with Crippen molar-refractivity contribution in [2.75, 3.05) is 13.1 Å². The SMILES string of the molecule is C/C=C/CN1CCCCC1C(F)F. The third-order valence-corrected chi connectivity index (χ3v) is 2.53. The average molecular weight is 189 g/mol. The number of hydrogen-bond acceptors (Lipinski definition) is 1. The molecule has 1 atom stereocenters. The number of hydrogen-bond donors (Lipinski definition) is 0. The van der Waals surface area contributed by atoms with Crippen molar-refractivity contribution in [2.45, 2.75) is 38.7 Å². The zero-order chi connectivity index (χ0) is 9.68. The Balaban J connectivity index is 2.46. The molecule has 1 nitrogen and oxygen atoms in total. The van der Waals surface area contributed by atoms with Gasteiger partial charge in [-0.15, -0.1) is 0 Å². The van der Waals surface area contributed by atoms with Crippen LogP contribution in [0.4, 0.5) is 8.78 Å². The number of piperidine rings is 1. The van der Waals surface area contributed by atoms with Gasteiger partial charge in [-0.2, -0.15) is 0 Å². The lowest BCUT2D eigenvalue weighted by molar-refractivity contribution is 0.0103. The monoisotopic (exact) mass is 189 g/mol. The first-order valence-corrected chi connectivity index (χ1v) is 4.89. The predicted molar refractivity (Wildman–Crippen MR) is 50.0 cm³/mol. The van der Waals surface area contributed by atoms with Gasteiger partial charge in [0.1, 0.15) is 0 Å². The van der Waals surface area contributed by atoms with Crippen LogP contribution in [0.5, 0.6) is 0 Å². The molecule has 1 heterocycles. The fourth-order valence-corrected chi connectivity index (χ4v) is 1.77. The molecule has 1 saturated heterocycles. The van der Waals surface area contributed by atoms with Crippen molar-refractivity contribution in [1.82, 2.24) is 4.90 Å². The minimum atomic E-state index is -2.19. The lowest BCUT2D eigenvalue weighted by Gasteiger charge is -2.34. The summed E-state index contributed by atoms with van der Waals surface area (Å²) in [7, 11) is 0. The van der Waals surface area contributed by atoms with E-state index < -0.39 is 12.5 Å². The molecule has 1 rings (SSSR count). The van der Waals surface area contributed by atoms with Crippen molar-refractivity contribution in [3.8, 4) is 0 Å². The normalized spacial score (nSPS) is 26.0. The van der Waals surface area contributed by atoms with Crippen LogP contribution in [0.1, 0.15) is 26.2 Å². The number of likely N-dealkylation sites (tertiary alicyclic amines) is 1. The van der Waals surface area contributed by atoms with Gasteiger partial charge < -0.3 is 0 Å². The minimum absolute atomic E-state index is 0.509. The molecule has 1 unspecified atom stereocenters. The minimum Gasteiger partial charge on any atom is -0.291 e. The van der Waals surface area contributed by atoms with Gasteiger partial charge in [0.25, 0.3) is 6.43 Å². The van der Waals surface area contributed by atoms with Crippen LogP contribution in [-0.4, -0.2) is 30.5 Å². The molecule has 0 aromatic heterocycles. The van der Waals surface area contributed by atoms with E-state index in [0.29, 0.717) is 13.0 Å². The van der Waals surface area contributed by atoms with Crippen molar-refractivity contribution in [1.29, 1.82) is 0 Å². The molecule has 1 fully saturated rings. The molecule has 13 heavy (non-hydrogen) atoms. The maximum absolute atomic E-state index is 12.5. The smallest absolute Gasteiger partial charge is 0.253 e. The molecule has 0 saturated carbocycles. The summed E-state index contributed by atoms with van der Waals surface area (Å²) in [4.78, 5) is 1.88. The van der Waals surface area contributed by atoms with E-state index in [1.165, 1.54) is 0 Å². The molecule has 0 aromatic rings. The highest BCUT2D eigenvalue weighted by molar-refractivity contribution is 4.87. The van der Waals surface area contributed by atoms with Gasteiger partial charge in [-0.1, -0.05) is 18.6 Å². The van der Waals surface area contributed by atoms with Crippen molar-refractivity contribution in [2.24, 2.45) is 0 Å². The first-order valence-electron chi connectivity index (χ1n) is 4.89. The molecular formula is C10H17F2N. The van der Waals surface area contributed by atoms with Gasteiger partial charge in [-0.3, -0.25) is 4.90 Å². The van der Waals surface area contributed by atoms with Crippen molar-refractivity contribution in [3.63, 3.8) is 0 Å². The van der Waals surface area contributed by atoms with Gasteiger partial charge >= 0.3 is 0 Å². The fraction of sp³-hybridized carbons (Fsp3) is 0.800. The average Bonchev–Trinajstić information content (AvgIpc) is 2.15. The fourth-order valence-electron chi connectivity index (χ4n) is 1.77. The van der Waals surface area contributed by atoms with Crippen LogP contribution in [0.2, 0.25) is 0 Å². The van der Waals surface area contributed by atoms with E-state index in [9.17, 15) is 8.78 Å². The maximum atomic E-state index is 12.5. The summed E-state index contributed by atoms with van der Waals surface area (Å²) in [6.07, 6.45) is 4.32. The van der Waals surface area contributed by atoms with Crippen LogP contribution in [0.15, 0.2) is 12.2 Å². The number of nitrogens with zero attached hydrogens (tertiary/aromatic N) is 1. The molecule has 0 bridgehead atoms. The molecule has 0 aromatic carbocycles. The lowest BCUT2D eigenvalue weighted by atomic mass is 10.0. The summed E-state index contributed by atoms with van der Waals surface area (Å²) in [5, 5.41) is 0. The number of allylic oxidation sites excluding steroid dienone is 1. The molecule has 0 N–H and O–H groups in total. The highest BCUT2D eigenvalue weighted by Crippen LogP contribution is 2.21. The largest absolute Gasteiger partial charge is 0.291 e. The molecule has 1 aliphatic rings. The van der Waals surface area contributed by atoms with Crippen LogP contribution in [0, 0.1) is 0 Å². The zero-order valence-corrected chi connectivity index (χ0v) is 8.05. The Bertz CT molecular complexity index is 168. The van der Waals surface area contributed by atoms with Crippen molar-refractivity contribution >= 4 is 0 Å². The quantitative estimate of drug-likeness (QED) is 0.617. The van der Waals surface area contributed by atoms with Gasteiger partial charge in [0.05, 0.1) is 6.04 Å². The zero-order valence-electron chi connectivity index (χ0n) is 8.05. The van der Waals surface area contributed by atoms with E-state index in [0.717, 1.165) is 19.4 Å².